The second-order valence-corrected chi connectivity index (χ2v) is 5.87. The molecule has 0 bridgehead atoms. The van der Waals surface area contributed by atoms with Crippen molar-refractivity contribution in [2.45, 2.75) is 25.2 Å². The molecule has 2 rings (SSSR count). The number of nitrogens with one attached hydrogen (secondary N) is 1. The number of benzene rings is 1. The zero-order valence-corrected chi connectivity index (χ0v) is 14.6. The Labute approximate surface area is 155 Å². The first kappa shape index (κ1) is 19.7. The topological polar surface area (TPSA) is 115 Å². The molecule has 0 saturated heterocycles. The summed E-state index contributed by atoms with van der Waals surface area (Å²) in [5.74, 6) is 0. The van der Waals surface area contributed by atoms with Gasteiger partial charge < -0.3 is 20.3 Å². The van der Waals surface area contributed by atoms with Crippen LogP contribution in [0.1, 0.15) is 29.2 Å². The highest BCUT2D eigenvalue weighted by Crippen LogP contribution is 2.22. The molecule has 1 aromatic carbocycles. The highest BCUT2D eigenvalue weighted by Gasteiger charge is 2.20. The maximum atomic E-state index is 11.6. The Balaban J connectivity index is 1.76. The van der Waals surface area contributed by atoms with Gasteiger partial charge in [0.25, 0.3) is 0 Å². The van der Waals surface area contributed by atoms with Crippen LogP contribution in [0.3, 0.4) is 0 Å². The third kappa shape index (κ3) is 5.70. The Morgan fingerprint density at radius 3 is 2.77 bits per heavy atom. The monoisotopic (exact) mass is 375 g/mol. The Bertz CT molecular complexity index is 780. The van der Waals surface area contributed by atoms with E-state index in [-0.39, 0.29) is 35.9 Å². The molecule has 2 aromatic rings. The minimum absolute atomic E-state index is 0.0285. The van der Waals surface area contributed by atoms with E-state index in [2.05, 4.69) is 10.3 Å². The van der Waals surface area contributed by atoms with E-state index in [1.807, 2.05) is 36.4 Å². The standard InChI is InChI=1S/C18H18ClN3O4/c19-17-13(9-20)8-14(10-22-17)16(24)15(23)6-7-21-18(25)26-11-12-4-2-1-3-5-12/h1-5,8,10,15-16,23-24H,6-7,11H2,(H,21,25). The molecule has 3 N–H and O–H groups in total. The molecule has 0 aliphatic heterocycles. The van der Waals surface area contributed by atoms with Crippen molar-refractivity contribution in [2.24, 2.45) is 0 Å². The number of aromatic nitrogens is 1. The number of amides is 1. The second-order valence-electron chi connectivity index (χ2n) is 5.51. The third-order valence-electron chi connectivity index (χ3n) is 3.61. The normalized spacial score (nSPS) is 12.7. The van der Waals surface area contributed by atoms with Crippen LogP contribution in [0.5, 0.6) is 0 Å². The molecule has 0 radical (unpaired) electrons. The van der Waals surface area contributed by atoms with Crippen molar-refractivity contribution in [2.75, 3.05) is 6.54 Å². The predicted molar refractivity (Wildman–Crippen MR) is 94.2 cm³/mol. The Kier molecular flexibility index (Phi) is 7.36. The van der Waals surface area contributed by atoms with Gasteiger partial charge in [0.1, 0.15) is 23.9 Å². The van der Waals surface area contributed by atoms with E-state index in [0.717, 1.165) is 5.56 Å². The summed E-state index contributed by atoms with van der Waals surface area (Å²) in [6, 6.07) is 12.4. The van der Waals surface area contributed by atoms with E-state index < -0.39 is 18.3 Å². The van der Waals surface area contributed by atoms with Gasteiger partial charge in [-0.05, 0) is 18.1 Å². The first-order valence-electron chi connectivity index (χ1n) is 7.87. The Morgan fingerprint density at radius 2 is 2.08 bits per heavy atom. The molecule has 26 heavy (non-hydrogen) atoms. The molecule has 136 valence electrons. The van der Waals surface area contributed by atoms with Crippen LogP contribution in [-0.4, -0.2) is 33.9 Å². The van der Waals surface area contributed by atoms with Crippen LogP contribution < -0.4 is 5.32 Å². The first-order chi connectivity index (χ1) is 12.5. The minimum atomic E-state index is -1.26. The number of hydrogen-bond donors (Lipinski definition) is 3. The Morgan fingerprint density at radius 1 is 1.35 bits per heavy atom. The van der Waals surface area contributed by atoms with E-state index in [0.29, 0.717) is 0 Å². The summed E-state index contributed by atoms with van der Waals surface area (Å²) in [7, 11) is 0. The fraction of sp³-hybridized carbons (Fsp3) is 0.278. The predicted octanol–water partition coefficient (Wildman–Crippen LogP) is 2.32. The van der Waals surface area contributed by atoms with E-state index >= 15 is 0 Å². The number of alkyl carbamates (subject to hydrolysis) is 1. The summed E-state index contributed by atoms with van der Waals surface area (Å²) in [6.45, 7) is 0.253. The minimum Gasteiger partial charge on any atom is -0.445 e. The first-order valence-corrected chi connectivity index (χ1v) is 8.25. The largest absolute Gasteiger partial charge is 0.445 e. The molecule has 0 aliphatic carbocycles. The van der Waals surface area contributed by atoms with Gasteiger partial charge in [-0.25, -0.2) is 9.78 Å². The molecular weight excluding hydrogens is 358 g/mol. The van der Waals surface area contributed by atoms with Crippen LogP contribution in [0.25, 0.3) is 0 Å². The van der Waals surface area contributed by atoms with Crippen molar-refractivity contribution < 1.29 is 19.7 Å². The number of ether oxygens (including phenoxy) is 1. The summed E-state index contributed by atoms with van der Waals surface area (Å²) in [5.41, 5.74) is 1.24. The highest BCUT2D eigenvalue weighted by molar-refractivity contribution is 6.30. The van der Waals surface area contributed by atoms with Gasteiger partial charge in [0, 0.05) is 18.3 Å². The average Bonchev–Trinajstić information content (AvgIpc) is 2.67. The molecule has 1 aromatic heterocycles. The average molecular weight is 376 g/mol. The summed E-state index contributed by atoms with van der Waals surface area (Å²) in [4.78, 5) is 15.4. The van der Waals surface area contributed by atoms with Crippen LogP contribution in [0.2, 0.25) is 5.15 Å². The summed E-state index contributed by atoms with van der Waals surface area (Å²) in [5, 5.41) is 31.6. The van der Waals surface area contributed by atoms with Crippen LogP contribution in [0, 0.1) is 11.3 Å². The zero-order chi connectivity index (χ0) is 18.9. The summed E-state index contributed by atoms with van der Waals surface area (Å²) in [6.07, 6.45) is -1.64. The number of carbonyl (C=O) groups excluding carboxylic acids is 1. The summed E-state index contributed by atoms with van der Waals surface area (Å²) < 4.78 is 5.04. The number of hydrogen-bond acceptors (Lipinski definition) is 6. The van der Waals surface area contributed by atoms with Gasteiger partial charge in [-0.3, -0.25) is 0 Å². The number of rotatable bonds is 7. The maximum Gasteiger partial charge on any atom is 0.407 e. The van der Waals surface area contributed by atoms with Crippen molar-refractivity contribution in [3.63, 3.8) is 0 Å². The van der Waals surface area contributed by atoms with Gasteiger partial charge in [0.15, 0.2) is 0 Å². The molecule has 8 heteroatoms. The lowest BCUT2D eigenvalue weighted by Gasteiger charge is -2.18. The fourth-order valence-electron chi connectivity index (χ4n) is 2.18. The van der Waals surface area contributed by atoms with Gasteiger partial charge in [-0.2, -0.15) is 5.26 Å². The SMILES string of the molecule is N#Cc1cc(C(O)C(O)CCNC(=O)OCc2ccccc2)cnc1Cl. The van der Waals surface area contributed by atoms with Crippen molar-refractivity contribution in [3.05, 3.63) is 64.4 Å². The lowest BCUT2D eigenvalue weighted by Crippen LogP contribution is -2.29. The number of halogens is 1. The second kappa shape index (κ2) is 9.73. The van der Waals surface area contributed by atoms with Gasteiger partial charge in [0.2, 0.25) is 0 Å². The molecule has 0 aliphatic rings. The van der Waals surface area contributed by atoms with Gasteiger partial charge in [-0.1, -0.05) is 41.9 Å². The zero-order valence-electron chi connectivity index (χ0n) is 13.8. The van der Waals surface area contributed by atoms with E-state index in [1.54, 1.807) is 0 Å². The molecule has 1 amide bonds. The van der Waals surface area contributed by atoms with Gasteiger partial charge >= 0.3 is 6.09 Å². The van der Waals surface area contributed by atoms with E-state index in [4.69, 9.17) is 21.6 Å². The molecule has 0 spiro atoms. The molecule has 2 unspecified atom stereocenters. The summed E-state index contributed by atoms with van der Waals surface area (Å²) >= 11 is 5.73. The molecule has 2 atom stereocenters. The quantitative estimate of drug-likeness (QED) is 0.639. The van der Waals surface area contributed by atoms with Gasteiger partial charge in [-0.15, -0.1) is 0 Å². The van der Waals surface area contributed by atoms with Crippen molar-refractivity contribution in [1.29, 1.82) is 5.26 Å². The smallest absolute Gasteiger partial charge is 0.407 e. The van der Waals surface area contributed by atoms with E-state index in [1.165, 1.54) is 12.3 Å². The lowest BCUT2D eigenvalue weighted by molar-refractivity contribution is 0.0134. The molecule has 7 nitrogen and oxygen atoms in total. The van der Waals surface area contributed by atoms with Crippen LogP contribution in [-0.2, 0) is 11.3 Å². The van der Waals surface area contributed by atoms with Crippen molar-refractivity contribution in [3.8, 4) is 6.07 Å². The van der Waals surface area contributed by atoms with Crippen LogP contribution >= 0.6 is 11.6 Å². The number of carbonyl (C=O) groups is 1. The van der Waals surface area contributed by atoms with Crippen LogP contribution in [0.15, 0.2) is 42.6 Å². The number of nitriles is 1. The fourth-order valence-corrected chi connectivity index (χ4v) is 2.33. The molecular formula is C18H18ClN3O4. The van der Waals surface area contributed by atoms with Crippen LogP contribution in [0.4, 0.5) is 4.79 Å². The molecule has 1 heterocycles. The van der Waals surface area contributed by atoms with Gasteiger partial charge in [0.05, 0.1) is 11.7 Å². The highest BCUT2D eigenvalue weighted by atomic mass is 35.5. The number of pyridine rings is 1. The number of nitrogens with zero attached hydrogens (tertiary/aromatic N) is 2. The van der Waals surface area contributed by atoms with Crippen molar-refractivity contribution >= 4 is 17.7 Å². The molecule has 0 saturated carbocycles. The Hall–Kier alpha value is -2.66. The lowest BCUT2D eigenvalue weighted by atomic mass is 10.0. The maximum absolute atomic E-state index is 11.6. The number of aliphatic hydroxyl groups excluding tert-OH is 2. The van der Waals surface area contributed by atoms with E-state index in [9.17, 15) is 15.0 Å². The van der Waals surface area contributed by atoms with Crippen molar-refractivity contribution in [1.82, 2.24) is 10.3 Å². The third-order valence-corrected chi connectivity index (χ3v) is 3.91. The number of aliphatic hydroxyl groups is 2. The molecule has 0 fully saturated rings.